The van der Waals surface area contributed by atoms with Crippen LogP contribution in [-0.4, -0.2) is 25.9 Å². The second-order valence-corrected chi connectivity index (χ2v) is 8.31. The van der Waals surface area contributed by atoms with Crippen molar-refractivity contribution >= 4 is 17.7 Å². The zero-order chi connectivity index (χ0) is 21.6. The van der Waals surface area contributed by atoms with Crippen molar-refractivity contribution < 1.29 is 4.79 Å². The number of benzene rings is 3. The molecule has 1 aromatic heterocycles. The predicted octanol–water partition coefficient (Wildman–Crippen LogP) is 3.95. The molecule has 0 aliphatic rings. The van der Waals surface area contributed by atoms with Crippen LogP contribution in [-0.2, 0) is 4.79 Å². The molecule has 3 aromatic carbocycles. The highest BCUT2D eigenvalue weighted by Crippen LogP contribution is 2.26. The molecule has 0 spiro atoms. The highest BCUT2D eigenvalue weighted by molar-refractivity contribution is 8.00. The smallest absolute Gasteiger partial charge is 0.344 e. The van der Waals surface area contributed by atoms with E-state index in [4.69, 9.17) is 0 Å². The van der Waals surface area contributed by atoms with Gasteiger partial charge in [0.25, 0.3) is 0 Å². The van der Waals surface area contributed by atoms with Gasteiger partial charge in [0.2, 0.25) is 5.91 Å². The Morgan fingerprint density at radius 1 is 0.903 bits per heavy atom. The zero-order valence-electron chi connectivity index (χ0n) is 16.9. The average molecular weight is 431 g/mol. The van der Waals surface area contributed by atoms with E-state index in [9.17, 15) is 9.59 Å². The predicted molar refractivity (Wildman–Crippen MR) is 122 cm³/mol. The Kier molecular flexibility index (Phi) is 6.33. The first-order valence-corrected chi connectivity index (χ1v) is 10.8. The van der Waals surface area contributed by atoms with E-state index in [1.54, 1.807) is 0 Å². The maximum atomic E-state index is 13.1. The monoisotopic (exact) mass is 430 g/mol. The number of rotatable bonds is 7. The quantitative estimate of drug-likeness (QED) is 0.435. The number of hydrogen-bond acceptors (Lipinski definition) is 4. The minimum absolute atomic E-state index is 0.141. The molecule has 1 unspecified atom stereocenters. The lowest BCUT2D eigenvalue weighted by atomic mass is 9.98. The molecule has 0 fully saturated rings. The van der Waals surface area contributed by atoms with E-state index in [1.165, 1.54) is 16.3 Å². The number of amides is 1. The van der Waals surface area contributed by atoms with Crippen LogP contribution in [0.4, 0.5) is 0 Å². The number of carbonyl (C=O) groups is 1. The van der Waals surface area contributed by atoms with Gasteiger partial charge in [-0.15, -0.1) is 5.10 Å². The number of H-pyrrole nitrogens is 1. The lowest BCUT2D eigenvalue weighted by molar-refractivity contribution is -0.120. The second-order valence-electron chi connectivity index (χ2n) is 7.01. The van der Waals surface area contributed by atoms with Crippen LogP contribution in [0.1, 0.15) is 24.1 Å². The van der Waals surface area contributed by atoms with E-state index in [0.717, 1.165) is 11.1 Å². The number of nitrogens with zero attached hydrogens (tertiary/aromatic N) is 2. The minimum atomic E-state index is -0.465. The van der Waals surface area contributed by atoms with Crippen LogP contribution >= 0.6 is 11.8 Å². The summed E-state index contributed by atoms with van der Waals surface area (Å²) in [4.78, 5) is 25.4. The molecular weight excluding hydrogens is 408 g/mol. The fourth-order valence-electron chi connectivity index (χ4n) is 3.29. The van der Waals surface area contributed by atoms with E-state index >= 15 is 0 Å². The van der Waals surface area contributed by atoms with Crippen LogP contribution in [0.2, 0.25) is 0 Å². The molecule has 0 bridgehead atoms. The summed E-state index contributed by atoms with van der Waals surface area (Å²) < 4.78 is 1.47. The number of thioether (sulfide) groups is 1. The lowest BCUT2D eigenvalue weighted by Gasteiger charge is -2.22. The van der Waals surface area contributed by atoms with Crippen LogP contribution in [0, 0.1) is 0 Å². The van der Waals surface area contributed by atoms with Crippen molar-refractivity contribution in [1.82, 2.24) is 20.1 Å². The van der Waals surface area contributed by atoms with Crippen LogP contribution in [0.3, 0.4) is 0 Å². The van der Waals surface area contributed by atoms with Crippen molar-refractivity contribution in [3.63, 3.8) is 0 Å². The fraction of sp³-hybridized carbons (Fsp3) is 0.125. The number of nitrogens with one attached hydrogen (secondary N) is 2. The summed E-state index contributed by atoms with van der Waals surface area (Å²) in [6.07, 6.45) is 0. The Morgan fingerprint density at radius 2 is 1.42 bits per heavy atom. The summed E-state index contributed by atoms with van der Waals surface area (Å²) in [6.45, 7) is 1.81. The highest BCUT2D eigenvalue weighted by Gasteiger charge is 2.23. The largest absolute Gasteiger partial charge is 0.348 e. The Bertz CT molecular complexity index is 1150. The van der Waals surface area contributed by atoms with Crippen molar-refractivity contribution in [2.75, 3.05) is 0 Å². The third kappa shape index (κ3) is 4.78. The maximum Gasteiger partial charge on any atom is 0.348 e. The van der Waals surface area contributed by atoms with Crippen LogP contribution < -0.4 is 11.0 Å². The van der Waals surface area contributed by atoms with E-state index in [2.05, 4.69) is 15.5 Å². The molecule has 1 atom stereocenters. The number of hydrogen-bond donors (Lipinski definition) is 2. The molecule has 7 heteroatoms. The first kappa shape index (κ1) is 20.7. The van der Waals surface area contributed by atoms with Gasteiger partial charge < -0.3 is 5.32 Å². The van der Waals surface area contributed by atoms with Gasteiger partial charge in [-0.05, 0) is 30.2 Å². The van der Waals surface area contributed by atoms with Gasteiger partial charge in [0.05, 0.1) is 17.0 Å². The van der Waals surface area contributed by atoms with Gasteiger partial charge >= 0.3 is 5.69 Å². The normalized spacial score (nSPS) is 11.9. The number of aromatic amines is 1. The lowest BCUT2D eigenvalue weighted by Crippen LogP contribution is -2.35. The van der Waals surface area contributed by atoms with Crippen LogP contribution in [0.5, 0.6) is 0 Å². The molecular formula is C24H22N4O2S. The van der Waals surface area contributed by atoms with Crippen LogP contribution in [0.15, 0.2) is 101 Å². The third-order valence-electron chi connectivity index (χ3n) is 4.86. The molecule has 2 N–H and O–H groups in total. The topological polar surface area (TPSA) is 79.8 Å². The van der Waals surface area contributed by atoms with Crippen LogP contribution in [0.25, 0.3) is 5.69 Å². The van der Waals surface area contributed by atoms with Gasteiger partial charge in [-0.3, -0.25) is 4.79 Å². The number of para-hydroxylation sites is 1. The first-order valence-electron chi connectivity index (χ1n) is 9.93. The Balaban J connectivity index is 1.55. The summed E-state index contributed by atoms with van der Waals surface area (Å²) in [5.74, 6) is -0.141. The first-order chi connectivity index (χ1) is 15.1. The van der Waals surface area contributed by atoms with E-state index in [0.29, 0.717) is 10.8 Å². The SMILES string of the molecule is CC(Sc1n[nH]c(=O)n1-c1ccccc1)C(=O)NC(c1ccccc1)c1ccccc1. The molecule has 0 aliphatic heterocycles. The van der Waals surface area contributed by atoms with Crippen molar-refractivity contribution in [2.45, 2.75) is 23.4 Å². The van der Waals surface area contributed by atoms with Gasteiger partial charge in [0.1, 0.15) is 0 Å². The van der Waals surface area contributed by atoms with Crippen molar-refractivity contribution in [1.29, 1.82) is 0 Å². The maximum absolute atomic E-state index is 13.1. The van der Waals surface area contributed by atoms with Gasteiger partial charge in [-0.1, -0.05) is 90.6 Å². The van der Waals surface area contributed by atoms with Gasteiger partial charge in [0, 0.05) is 0 Å². The minimum Gasteiger partial charge on any atom is -0.344 e. The van der Waals surface area contributed by atoms with Gasteiger partial charge in [-0.2, -0.15) is 0 Å². The molecule has 156 valence electrons. The van der Waals surface area contributed by atoms with Crippen molar-refractivity contribution in [3.05, 3.63) is 113 Å². The Hall–Kier alpha value is -3.58. The molecule has 0 saturated heterocycles. The summed E-state index contributed by atoms with van der Waals surface area (Å²) in [5.41, 5.74) is 2.36. The average Bonchev–Trinajstić information content (AvgIpc) is 3.18. The molecule has 6 nitrogen and oxygen atoms in total. The standard InChI is InChI=1S/C24H22N4O2S/c1-17(31-24-27-26-23(30)28(24)20-15-9-4-10-16-20)22(29)25-21(18-11-5-2-6-12-18)19-13-7-3-8-14-19/h2-17,21H,1H3,(H,25,29)(H,26,30). The summed E-state index contributed by atoms with van der Waals surface area (Å²) in [5, 5.41) is 9.72. The van der Waals surface area contributed by atoms with Crippen molar-refractivity contribution in [3.8, 4) is 5.69 Å². The number of carbonyl (C=O) groups excluding carboxylic acids is 1. The Morgan fingerprint density at radius 3 is 1.97 bits per heavy atom. The third-order valence-corrected chi connectivity index (χ3v) is 5.91. The molecule has 4 aromatic rings. The van der Waals surface area contributed by atoms with Crippen molar-refractivity contribution in [2.24, 2.45) is 0 Å². The zero-order valence-corrected chi connectivity index (χ0v) is 17.8. The molecule has 1 heterocycles. The van der Waals surface area contributed by atoms with E-state index < -0.39 is 5.25 Å². The summed E-state index contributed by atoms with van der Waals surface area (Å²) >= 11 is 1.23. The van der Waals surface area contributed by atoms with Gasteiger partial charge in [-0.25, -0.2) is 14.5 Å². The summed E-state index contributed by atoms with van der Waals surface area (Å²) in [6, 6.07) is 28.7. The Labute approximate surface area is 184 Å². The molecule has 0 aliphatic carbocycles. The molecule has 31 heavy (non-hydrogen) atoms. The summed E-state index contributed by atoms with van der Waals surface area (Å²) in [7, 11) is 0. The second kappa shape index (κ2) is 9.49. The highest BCUT2D eigenvalue weighted by atomic mass is 32.2. The fourth-order valence-corrected chi connectivity index (χ4v) is 4.17. The molecule has 0 saturated carbocycles. The molecule has 4 rings (SSSR count). The molecule has 0 radical (unpaired) electrons. The molecule has 1 amide bonds. The van der Waals surface area contributed by atoms with E-state index in [1.807, 2.05) is 97.9 Å². The number of aromatic nitrogens is 3. The van der Waals surface area contributed by atoms with E-state index in [-0.39, 0.29) is 17.6 Å². The van der Waals surface area contributed by atoms with Gasteiger partial charge in [0.15, 0.2) is 5.16 Å².